The number of likely N-dealkylation sites (tertiary alicyclic amines) is 1. The summed E-state index contributed by atoms with van der Waals surface area (Å²) in [6.07, 6.45) is 2.85. The molecule has 0 bridgehead atoms. The van der Waals surface area contributed by atoms with Crippen LogP contribution in [-0.2, 0) is 16.0 Å². The van der Waals surface area contributed by atoms with E-state index in [1.165, 1.54) is 0 Å². The van der Waals surface area contributed by atoms with Crippen LogP contribution in [-0.4, -0.2) is 82.6 Å². The number of hydrogen-bond donors (Lipinski definition) is 2. The fourth-order valence-electron chi connectivity index (χ4n) is 4.93. The Labute approximate surface area is 256 Å². The summed E-state index contributed by atoms with van der Waals surface area (Å²) in [6, 6.07) is 6.36. The van der Waals surface area contributed by atoms with E-state index < -0.39 is 23.8 Å². The first-order valence-electron chi connectivity index (χ1n) is 15.5. The molecule has 2 heterocycles. The van der Waals surface area contributed by atoms with Crippen LogP contribution < -0.4 is 19.9 Å². The van der Waals surface area contributed by atoms with Gasteiger partial charge in [0.05, 0.1) is 6.20 Å². The van der Waals surface area contributed by atoms with E-state index in [-0.39, 0.29) is 18.4 Å². The molecule has 11 heteroatoms. The Morgan fingerprint density at radius 1 is 1.05 bits per heavy atom. The first-order chi connectivity index (χ1) is 20.4. The molecule has 1 saturated heterocycles. The molecular weight excluding hydrogens is 548 g/mol. The van der Waals surface area contributed by atoms with Gasteiger partial charge in [-0.3, -0.25) is 0 Å². The number of carbonyl (C=O) groups is 2. The van der Waals surface area contributed by atoms with Crippen LogP contribution in [0.4, 0.5) is 22.2 Å². The van der Waals surface area contributed by atoms with Crippen LogP contribution in [0.25, 0.3) is 0 Å². The highest BCUT2D eigenvalue weighted by atomic mass is 16.6. The molecule has 0 aliphatic carbocycles. The van der Waals surface area contributed by atoms with Crippen LogP contribution in [0.1, 0.15) is 73.8 Å². The summed E-state index contributed by atoms with van der Waals surface area (Å²) in [7, 11) is 0. The van der Waals surface area contributed by atoms with Crippen LogP contribution >= 0.6 is 0 Å². The molecule has 0 radical (unpaired) electrons. The Kier molecular flexibility index (Phi) is 12.0. The summed E-state index contributed by atoms with van der Waals surface area (Å²) in [5.41, 5.74) is 0.741. The predicted molar refractivity (Wildman–Crippen MR) is 170 cm³/mol. The molecule has 1 aromatic carbocycles. The lowest BCUT2D eigenvalue weighted by Gasteiger charge is -2.33. The highest BCUT2D eigenvalue weighted by molar-refractivity contribution is 5.82. The second kappa shape index (κ2) is 15.2. The molecule has 2 aromatic rings. The zero-order valence-electron chi connectivity index (χ0n) is 27.1. The van der Waals surface area contributed by atoms with Crippen molar-refractivity contribution in [3.63, 3.8) is 0 Å². The fourth-order valence-corrected chi connectivity index (χ4v) is 4.93. The Morgan fingerprint density at radius 2 is 1.67 bits per heavy atom. The molecule has 43 heavy (non-hydrogen) atoms. The number of ether oxygens (including phenoxy) is 2. The number of amides is 1. The molecule has 1 aliphatic heterocycles. The molecular formula is C32H50N6O5. The third-order valence-electron chi connectivity index (χ3n) is 7.30. The van der Waals surface area contributed by atoms with E-state index >= 15 is 0 Å². The van der Waals surface area contributed by atoms with Gasteiger partial charge in [-0.25, -0.2) is 14.6 Å². The standard InChI is InChI=1S/C32H50N6O5/c1-9-36(10-2)30-33-21-26(38(11-3)28(39)22(4)5)27(35-30)34-25(29(40)43-32(6,7)8)20-23-14-16-24(17-15-23)42-31(41)37-18-12-13-19-37/h14-17,21-22,25,28,39H,9-13,18-20H2,1-8H3,(H,33,34,35)/t25-,28?/m0/s1. The number of rotatable bonds is 13. The Balaban J connectivity index is 1.95. The fraction of sp³-hybridized carbons (Fsp3) is 0.625. The summed E-state index contributed by atoms with van der Waals surface area (Å²) in [6.45, 7) is 18.8. The summed E-state index contributed by atoms with van der Waals surface area (Å²) in [4.78, 5) is 41.0. The number of anilines is 3. The molecule has 1 aliphatic rings. The lowest BCUT2D eigenvalue weighted by Crippen LogP contribution is -2.41. The summed E-state index contributed by atoms with van der Waals surface area (Å²) in [5.74, 6) is 0.933. The maximum absolute atomic E-state index is 13.6. The van der Waals surface area contributed by atoms with Gasteiger partial charge in [0.1, 0.15) is 29.3 Å². The second-order valence-corrected chi connectivity index (χ2v) is 12.2. The lowest BCUT2D eigenvalue weighted by atomic mass is 10.0. The van der Waals surface area contributed by atoms with Gasteiger partial charge in [0.25, 0.3) is 0 Å². The monoisotopic (exact) mass is 598 g/mol. The first-order valence-corrected chi connectivity index (χ1v) is 15.5. The van der Waals surface area contributed by atoms with Crippen molar-refractivity contribution in [2.24, 2.45) is 5.92 Å². The van der Waals surface area contributed by atoms with Crippen LogP contribution in [0.3, 0.4) is 0 Å². The minimum atomic E-state index is -0.801. The van der Waals surface area contributed by atoms with Crippen molar-refractivity contribution in [2.75, 3.05) is 47.8 Å². The first kappa shape index (κ1) is 33.9. The average Bonchev–Trinajstić information content (AvgIpc) is 3.50. The Hall–Kier alpha value is -3.60. The number of esters is 1. The minimum absolute atomic E-state index is 0.0463. The minimum Gasteiger partial charge on any atom is -0.458 e. The normalized spacial score (nSPS) is 14.8. The highest BCUT2D eigenvalue weighted by Gasteiger charge is 2.30. The van der Waals surface area contributed by atoms with Gasteiger partial charge in [-0.1, -0.05) is 26.0 Å². The Morgan fingerprint density at radius 3 is 2.21 bits per heavy atom. The number of aliphatic hydroxyl groups excluding tert-OH is 1. The van der Waals surface area contributed by atoms with Crippen molar-refractivity contribution >= 4 is 29.5 Å². The molecule has 11 nitrogen and oxygen atoms in total. The Bertz CT molecular complexity index is 1190. The maximum Gasteiger partial charge on any atom is 0.415 e. The topological polar surface area (TPSA) is 120 Å². The second-order valence-electron chi connectivity index (χ2n) is 12.2. The van der Waals surface area contributed by atoms with Crippen molar-refractivity contribution in [2.45, 2.75) is 92.5 Å². The molecule has 238 valence electrons. The number of aromatic nitrogens is 2. The summed E-state index contributed by atoms with van der Waals surface area (Å²) in [5, 5.41) is 14.4. The predicted octanol–water partition coefficient (Wildman–Crippen LogP) is 5.08. The van der Waals surface area contributed by atoms with Crippen molar-refractivity contribution in [1.29, 1.82) is 0 Å². The molecule has 1 fully saturated rings. The van der Waals surface area contributed by atoms with E-state index in [2.05, 4.69) is 10.3 Å². The molecule has 1 aromatic heterocycles. The third-order valence-corrected chi connectivity index (χ3v) is 7.30. The van der Waals surface area contributed by atoms with E-state index in [0.717, 1.165) is 18.4 Å². The molecule has 0 spiro atoms. The van der Waals surface area contributed by atoms with E-state index in [0.29, 0.717) is 55.9 Å². The van der Waals surface area contributed by atoms with Crippen LogP contribution in [0.2, 0.25) is 0 Å². The number of carbonyl (C=O) groups excluding carboxylic acids is 2. The van der Waals surface area contributed by atoms with Gasteiger partial charge in [-0.15, -0.1) is 0 Å². The average molecular weight is 599 g/mol. The van der Waals surface area contributed by atoms with Gasteiger partial charge >= 0.3 is 12.1 Å². The number of aliphatic hydroxyl groups is 1. The van der Waals surface area contributed by atoms with Crippen molar-refractivity contribution in [1.82, 2.24) is 14.9 Å². The number of hydrogen-bond acceptors (Lipinski definition) is 10. The van der Waals surface area contributed by atoms with Crippen LogP contribution in [0.15, 0.2) is 30.5 Å². The molecule has 1 unspecified atom stereocenters. The molecule has 2 atom stereocenters. The van der Waals surface area contributed by atoms with Gasteiger partial charge in [0.2, 0.25) is 5.95 Å². The van der Waals surface area contributed by atoms with Gasteiger partial charge in [-0.2, -0.15) is 4.98 Å². The number of nitrogens with zero attached hydrogens (tertiary/aromatic N) is 5. The zero-order chi connectivity index (χ0) is 31.7. The van der Waals surface area contributed by atoms with Crippen molar-refractivity contribution in [3.8, 4) is 5.75 Å². The smallest absolute Gasteiger partial charge is 0.415 e. The zero-order valence-corrected chi connectivity index (χ0v) is 27.1. The molecule has 1 amide bonds. The van der Waals surface area contributed by atoms with Gasteiger partial charge < -0.3 is 34.6 Å². The van der Waals surface area contributed by atoms with Crippen LogP contribution in [0.5, 0.6) is 5.75 Å². The highest BCUT2D eigenvalue weighted by Crippen LogP contribution is 2.30. The van der Waals surface area contributed by atoms with Crippen molar-refractivity contribution in [3.05, 3.63) is 36.0 Å². The summed E-state index contributed by atoms with van der Waals surface area (Å²) < 4.78 is 11.4. The number of benzene rings is 1. The maximum atomic E-state index is 13.6. The van der Waals surface area contributed by atoms with Gasteiger partial charge in [-0.05, 0) is 78.0 Å². The van der Waals surface area contributed by atoms with Crippen molar-refractivity contribution < 1.29 is 24.2 Å². The van der Waals surface area contributed by atoms with Gasteiger partial charge in [0, 0.05) is 39.1 Å². The SMILES string of the molecule is CCN(CC)c1ncc(N(CC)C(O)C(C)C)c(N[C@@H](Cc2ccc(OC(=O)N3CCCC3)cc2)C(=O)OC(C)(C)C)n1. The van der Waals surface area contributed by atoms with Gasteiger partial charge in [0.15, 0.2) is 5.82 Å². The molecule has 0 saturated carbocycles. The van der Waals surface area contributed by atoms with E-state index in [1.54, 1.807) is 23.2 Å². The quantitative estimate of drug-likeness (QED) is 0.238. The third kappa shape index (κ3) is 9.44. The number of nitrogens with one attached hydrogen (secondary N) is 1. The molecule has 2 N–H and O–H groups in total. The van der Waals surface area contributed by atoms with Crippen LogP contribution in [0, 0.1) is 5.92 Å². The molecule has 3 rings (SSSR count). The van der Waals surface area contributed by atoms with E-state index in [9.17, 15) is 14.7 Å². The summed E-state index contributed by atoms with van der Waals surface area (Å²) >= 11 is 0. The largest absolute Gasteiger partial charge is 0.458 e. The van der Waals surface area contributed by atoms with E-state index in [4.69, 9.17) is 14.5 Å². The lowest BCUT2D eigenvalue weighted by molar-refractivity contribution is -0.155. The van der Waals surface area contributed by atoms with E-state index in [1.807, 2.05) is 77.3 Å².